The first-order valence-electron chi connectivity index (χ1n) is 8.52. The van der Waals surface area contributed by atoms with Crippen LogP contribution in [0.5, 0.6) is 0 Å². The molecular weight excluding hydrogens is 288 g/mol. The highest BCUT2D eigenvalue weighted by atomic mass is 16.5. The largest absolute Gasteiger partial charge is 0.375 e. The Morgan fingerprint density at radius 3 is 2.65 bits per heavy atom. The van der Waals surface area contributed by atoms with Crippen molar-refractivity contribution in [2.75, 3.05) is 20.7 Å². The fourth-order valence-corrected chi connectivity index (χ4v) is 3.32. The summed E-state index contributed by atoms with van der Waals surface area (Å²) in [6.45, 7) is 4.90. The molecule has 2 rings (SSSR count). The molecule has 1 amide bonds. The Kier molecular flexibility index (Phi) is 6.19. The van der Waals surface area contributed by atoms with E-state index in [9.17, 15) is 4.79 Å². The van der Waals surface area contributed by atoms with Crippen LogP contribution in [0.4, 0.5) is 0 Å². The first kappa shape index (κ1) is 18.0. The Morgan fingerprint density at radius 1 is 1.35 bits per heavy atom. The number of hydrogen-bond donors (Lipinski definition) is 1. The molecule has 0 radical (unpaired) electrons. The predicted molar refractivity (Wildman–Crippen MR) is 93.3 cm³/mol. The molecule has 128 valence electrons. The van der Waals surface area contributed by atoms with Gasteiger partial charge in [-0.2, -0.15) is 0 Å². The van der Waals surface area contributed by atoms with Gasteiger partial charge in [0.1, 0.15) is 0 Å². The van der Waals surface area contributed by atoms with Gasteiger partial charge in [-0.3, -0.25) is 4.79 Å². The monoisotopic (exact) mass is 318 g/mol. The van der Waals surface area contributed by atoms with Crippen LogP contribution >= 0.6 is 0 Å². The lowest BCUT2D eigenvalue weighted by atomic mass is 9.93. The van der Waals surface area contributed by atoms with Gasteiger partial charge in [0.15, 0.2) is 0 Å². The molecule has 1 aliphatic rings. The van der Waals surface area contributed by atoms with E-state index in [0.29, 0.717) is 6.42 Å². The second kappa shape index (κ2) is 7.93. The molecule has 1 aromatic carbocycles. The predicted octanol–water partition coefficient (Wildman–Crippen LogP) is 3.14. The molecule has 0 aromatic heterocycles. The number of amides is 1. The number of nitrogens with zero attached hydrogens (tertiary/aromatic N) is 1. The van der Waals surface area contributed by atoms with Crippen LogP contribution in [0.3, 0.4) is 0 Å². The molecule has 0 aliphatic carbocycles. The summed E-state index contributed by atoms with van der Waals surface area (Å²) in [5.74, 6) is 0.149. The summed E-state index contributed by atoms with van der Waals surface area (Å²) >= 11 is 0. The van der Waals surface area contributed by atoms with Crippen molar-refractivity contribution in [3.8, 4) is 0 Å². The SMILES string of the molecule is CN(C)[C@H](CCC(=O)N[C@H]1CCOC(C)(C)C1)c1ccccc1. The summed E-state index contributed by atoms with van der Waals surface area (Å²) in [5, 5.41) is 3.18. The highest BCUT2D eigenvalue weighted by molar-refractivity contribution is 5.76. The quantitative estimate of drug-likeness (QED) is 0.876. The molecular formula is C19H30N2O2. The van der Waals surface area contributed by atoms with Crippen LogP contribution in [-0.4, -0.2) is 43.2 Å². The van der Waals surface area contributed by atoms with Crippen molar-refractivity contribution in [3.63, 3.8) is 0 Å². The minimum atomic E-state index is -0.133. The maximum atomic E-state index is 12.3. The van der Waals surface area contributed by atoms with Crippen molar-refractivity contribution < 1.29 is 9.53 Å². The fraction of sp³-hybridized carbons (Fsp3) is 0.632. The van der Waals surface area contributed by atoms with Gasteiger partial charge in [-0.15, -0.1) is 0 Å². The summed E-state index contributed by atoms with van der Waals surface area (Å²) < 4.78 is 5.71. The minimum Gasteiger partial charge on any atom is -0.375 e. The summed E-state index contributed by atoms with van der Waals surface area (Å²) in [4.78, 5) is 14.5. The van der Waals surface area contributed by atoms with Crippen LogP contribution in [-0.2, 0) is 9.53 Å². The lowest BCUT2D eigenvalue weighted by Crippen LogP contribution is -2.45. The third-order valence-corrected chi connectivity index (χ3v) is 4.51. The van der Waals surface area contributed by atoms with Gasteiger partial charge in [0.25, 0.3) is 0 Å². The van der Waals surface area contributed by atoms with E-state index < -0.39 is 0 Å². The molecule has 2 atom stereocenters. The molecule has 1 fully saturated rings. The smallest absolute Gasteiger partial charge is 0.220 e. The number of hydrogen-bond acceptors (Lipinski definition) is 3. The van der Waals surface area contributed by atoms with Crippen LogP contribution in [0, 0.1) is 0 Å². The Hall–Kier alpha value is -1.39. The lowest BCUT2D eigenvalue weighted by Gasteiger charge is -2.36. The average Bonchev–Trinajstić information content (AvgIpc) is 2.47. The van der Waals surface area contributed by atoms with E-state index in [0.717, 1.165) is 25.9 Å². The zero-order valence-corrected chi connectivity index (χ0v) is 14.8. The van der Waals surface area contributed by atoms with E-state index in [-0.39, 0.29) is 23.6 Å². The van der Waals surface area contributed by atoms with Crippen LogP contribution in [0.25, 0.3) is 0 Å². The molecule has 1 saturated heterocycles. The van der Waals surface area contributed by atoms with Crippen molar-refractivity contribution in [1.29, 1.82) is 0 Å². The summed E-state index contributed by atoms with van der Waals surface area (Å²) in [5.41, 5.74) is 1.13. The normalized spacial score (nSPS) is 21.9. The van der Waals surface area contributed by atoms with Gasteiger partial charge < -0.3 is 15.0 Å². The first-order chi connectivity index (χ1) is 10.9. The highest BCUT2D eigenvalue weighted by Gasteiger charge is 2.29. The van der Waals surface area contributed by atoms with Gasteiger partial charge in [-0.05, 0) is 52.8 Å². The Morgan fingerprint density at radius 2 is 2.04 bits per heavy atom. The summed E-state index contributed by atoms with van der Waals surface area (Å²) in [6, 6.07) is 10.9. The second-order valence-corrected chi connectivity index (χ2v) is 7.29. The van der Waals surface area contributed by atoms with E-state index in [1.54, 1.807) is 0 Å². The molecule has 1 N–H and O–H groups in total. The van der Waals surface area contributed by atoms with E-state index >= 15 is 0 Å². The molecule has 0 bridgehead atoms. The van der Waals surface area contributed by atoms with Crippen LogP contribution < -0.4 is 5.32 Å². The van der Waals surface area contributed by atoms with Crippen molar-refractivity contribution >= 4 is 5.91 Å². The third kappa shape index (κ3) is 5.63. The van der Waals surface area contributed by atoms with Gasteiger partial charge in [-0.25, -0.2) is 0 Å². The molecule has 0 saturated carbocycles. The van der Waals surface area contributed by atoms with Gasteiger partial charge in [0.05, 0.1) is 5.60 Å². The number of carbonyl (C=O) groups excluding carboxylic acids is 1. The Bertz CT molecular complexity index is 499. The summed E-state index contributed by atoms with van der Waals surface area (Å²) in [6.07, 6.45) is 3.17. The summed E-state index contributed by atoms with van der Waals surface area (Å²) in [7, 11) is 4.13. The molecule has 0 spiro atoms. The van der Waals surface area contributed by atoms with Crippen LogP contribution in [0.2, 0.25) is 0 Å². The zero-order valence-electron chi connectivity index (χ0n) is 14.8. The number of benzene rings is 1. The average molecular weight is 318 g/mol. The van der Waals surface area contributed by atoms with Crippen molar-refractivity contribution in [2.24, 2.45) is 0 Å². The Balaban J connectivity index is 1.85. The van der Waals surface area contributed by atoms with E-state index in [1.807, 2.05) is 6.07 Å². The molecule has 0 unspecified atom stereocenters. The molecule has 1 heterocycles. The fourth-order valence-electron chi connectivity index (χ4n) is 3.32. The molecule has 1 aromatic rings. The van der Waals surface area contributed by atoms with Crippen molar-refractivity contribution in [2.45, 2.75) is 57.2 Å². The third-order valence-electron chi connectivity index (χ3n) is 4.51. The first-order valence-corrected chi connectivity index (χ1v) is 8.52. The van der Waals surface area contributed by atoms with Gasteiger partial charge in [0, 0.05) is 25.1 Å². The molecule has 1 aliphatic heterocycles. The molecule has 4 nitrogen and oxygen atoms in total. The number of rotatable bonds is 6. The van der Waals surface area contributed by atoms with Gasteiger partial charge >= 0.3 is 0 Å². The van der Waals surface area contributed by atoms with E-state index in [4.69, 9.17) is 4.74 Å². The van der Waals surface area contributed by atoms with Crippen LogP contribution in [0.1, 0.15) is 51.1 Å². The maximum Gasteiger partial charge on any atom is 0.220 e. The topological polar surface area (TPSA) is 41.6 Å². The maximum absolute atomic E-state index is 12.3. The van der Waals surface area contributed by atoms with Crippen molar-refractivity contribution in [3.05, 3.63) is 35.9 Å². The minimum absolute atomic E-state index is 0.133. The number of nitrogens with one attached hydrogen (secondary N) is 1. The Labute approximate surface area is 140 Å². The lowest BCUT2D eigenvalue weighted by molar-refractivity contribution is -0.124. The zero-order chi connectivity index (χ0) is 16.9. The molecule has 4 heteroatoms. The standard InChI is InChI=1S/C19H30N2O2/c1-19(2)14-16(12-13-23-19)20-18(22)11-10-17(21(3)4)15-8-6-5-7-9-15/h5-9,16-17H,10-14H2,1-4H3,(H,20,22)/t16-,17+/m0/s1. The molecule has 23 heavy (non-hydrogen) atoms. The van der Waals surface area contributed by atoms with Gasteiger partial charge in [0.2, 0.25) is 5.91 Å². The second-order valence-electron chi connectivity index (χ2n) is 7.29. The highest BCUT2D eigenvalue weighted by Crippen LogP contribution is 2.25. The number of ether oxygens (including phenoxy) is 1. The van der Waals surface area contributed by atoms with E-state index in [1.165, 1.54) is 5.56 Å². The number of carbonyl (C=O) groups is 1. The van der Waals surface area contributed by atoms with Crippen LogP contribution in [0.15, 0.2) is 30.3 Å². The van der Waals surface area contributed by atoms with E-state index in [2.05, 4.69) is 62.4 Å². The van der Waals surface area contributed by atoms with Gasteiger partial charge in [-0.1, -0.05) is 30.3 Å². The van der Waals surface area contributed by atoms with Crippen molar-refractivity contribution in [1.82, 2.24) is 10.2 Å².